The number of hydrogen-bond acceptors (Lipinski definition) is 8. The first-order valence-corrected chi connectivity index (χ1v) is 9.45. The number of nitrogens with zero attached hydrogens (tertiary/aromatic N) is 2. The largest absolute Gasteiger partial charge is 0.490 e. The minimum atomic E-state index is -0.604. The molecule has 9 heteroatoms. The first-order chi connectivity index (χ1) is 13.6. The molecule has 0 amide bonds. The lowest BCUT2D eigenvalue weighted by atomic mass is 10.2. The molecule has 2 heterocycles. The Morgan fingerprint density at radius 2 is 1.93 bits per heavy atom. The maximum absolute atomic E-state index is 12.7. The maximum Gasteiger partial charge on any atom is 0.339 e. The van der Waals surface area contributed by atoms with Crippen LogP contribution >= 0.6 is 11.3 Å². The van der Waals surface area contributed by atoms with Gasteiger partial charge in [0, 0.05) is 5.38 Å². The summed E-state index contributed by atoms with van der Waals surface area (Å²) in [5.74, 6) is -0.521. The van der Waals surface area contributed by atoms with Crippen LogP contribution in [0.1, 0.15) is 17.3 Å². The van der Waals surface area contributed by atoms with Crippen molar-refractivity contribution in [3.05, 3.63) is 58.0 Å². The van der Waals surface area contributed by atoms with Gasteiger partial charge in [0.2, 0.25) is 0 Å². The van der Waals surface area contributed by atoms with Crippen LogP contribution in [0.15, 0.2) is 46.8 Å². The second kappa shape index (κ2) is 9.14. The van der Waals surface area contributed by atoms with Gasteiger partial charge in [0.15, 0.2) is 0 Å². The van der Waals surface area contributed by atoms with E-state index in [0.717, 1.165) is 4.57 Å². The Morgan fingerprint density at radius 1 is 1.14 bits per heavy atom. The van der Waals surface area contributed by atoms with Gasteiger partial charge >= 0.3 is 11.9 Å². The molecule has 0 unspecified atom stereocenters. The fraction of sp³-hybridized carbons (Fsp3) is 0.263. The predicted octanol–water partition coefficient (Wildman–Crippen LogP) is 2.26. The minimum absolute atomic E-state index is 0.0463. The number of carbonyl (C=O) groups is 2. The third-order valence-corrected chi connectivity index (χ3v) is 4.60. The van der Waals surface area contributed by atoms with E-state index in [1.54, 1.807) is 19.1 Å². The van der Waals surface area contributed by atoms with Gasteiger partial charge in [-0.2, -0.15) is 0 Å². The van der Waals surface area contributed by atoms with Crippen LogP contribution < -0.4 is 10.3 Å². The molecule has 0 radical (unpaired) electrons. The fourth-order valence-electron chi connectivity index (χ4n) is 2.46. The van der Waals surface area contributed by atoms with E-state index in [1.807, 2.05) is 18.2 Å². The van der Waals surface area contributed by atoms with Crippen LogP contribution in [-0.2, 0) is 20.8 Å². The van der Waals surface area contributed by atoms with Gasteiger partial charge in [-0.1, -0.05) is 18.2 Å². The highest BCUT2D eigenvalue weighted by molar-refractivity contribution is 7.17. The van der Waals surface area contributed by atoms with Crippen LogP contribution in [0.2, 0.25) is 0 Å². The molecule has 0 saturated carbocycles. The lowest BCUT2D eigenvalue weighted by Crippen LogP contribution is -2.27. The highest BCUT2D eigenvalue weighted by atomic mass is 32.1. The van der Waals surface area contributed by atoms with Gasteiger partial charge in [-0.15, -0.1) is 11.3 Å². The summed E-state index contributed by atoms with van der Waals surface area (Å²) in [6.45, 7) is 1.80. The monoisotopic (exact) mass is 402 g/mol. The molecule has 0 atom stereocenters. The lowest BCUT2D eigenvalue weighted by molar-refractivity contribution is -0.145. The standard InChI is InChI=1S/C19H18N2O6S/c1-2-25-19(24)14-11-28-17-16(14)18(23)21(12-20-17)10-15(22)27-9-8-26-13-6-4-3-5-7-13/h3-7,11-12H,2,8-10H2,1H3. The zero-order valence-electron chi connectivity index (χ0n) is 15.1. The molecule has 146 valence electrons. The second-order valence-electron chi connectivity index (χ2n) is 5.61. The molecule has 0 spiro atoms. The number of hydrogen-bond donors (Lipinski definition) is 0. The van der Waals surface area contributed by atoms with Crippen molar-refractivity contribution in [3.63, 3.8) is 0 Å². The molecular formula is C19H18N2O6S. The number of para-hydroxylation sites is 1. The van der Waals surface area contributed by atoms with Gasteiger partial charge in [0.05, 0.1) is 23.9 Å². The third kappa shape index (κ3) is 4.55. The molecule has 0 bridgehead atoms. The van der Waals surface area contributed by atoms with Gasteiger partial charge in [0.25, 0.3) is 5.56 Å². The topological polar surface area (TPSA) is 96.7 Å². The van der Waals surface area contributed by atoms with E-state index in [2.05, 4.69) is 4.98 Å². The van der Waals surface area contributed by atoms with Gasteiger partial charge < -0.3 is 14.2 Å². The van der Waals surface area contributed by atoms with E-state index in [1.165, 1.54) is 23.0 Å². The molecule has 3 aromatic rings. The third-order valence-electron chi connectivity index (χ3n) is 3.71. The summed E-state index contributed by atoms with van der Waals surface area (Å²) in [5.41, 5.74) is -0.342. The summed E-state index contributed by atoms with van der Waals surface area (Å²) in [4.78, 5) is 41.2. The van der Waals surface area contributed by atoms with E-state index in [4.69, 9.17) is 14.2 Å². The van der Waals surface area contributed by atoms with Crippen molar-refractivity contribution < 1.29 is 23.8 Å². The minimum Gasteiger partial charge on any atom is -0.490 e. The van der Waals surface area contributed by atoms with Crippen LogP contribution in [0.25, 0.3) is 10.2 Å². The molecule has 1 aromatic carbocycles. The van der Waals surface area contributed by atoms with Gasteiger partial charge in [-0.3, -0.25) is 14.2 Å². The summed E-state index contributed by atoms with van der Waals surface area (Å²) in [7, 11) is 0. The average Bonchev–Trinajstić information content (AvgIpc) is 3.13. The SMILES string of the molecule is CCOC(=O)c1csc2ncn(CC(=O)OCCOc3ccccc3)c(=O)c12. The molecule has 0 aliphatic rings. The first kappa shape index (κ1) is 19.6. The molecule has 8 nitrogen and oxygen atoms in total. The summed E-state index contributed by atoms with van der Waals surface area (Å²) >= 11 is 1.17. The van der Waals surface area contributed by atoms with E-state index >= 15 is 0 Å². The van der Waals surface area contributed by atoms with E-state index in [-0.39, 0.29) is 37.3 Å². The number of aromatic nitrogens is 2. The molecular weight excluding hydrogens is 384 g/mol. The average molecular weight is 402 g/mol. The number of carbonyl (C=O) groups excluding carboxylic acids is 2. The predicted molar refractivity (Wildman–Crippen MR) is 103 cm³/mol. The normalized spacial score (nSPS) is 10.6. The van der Waals surface area contributed by atoms with Crippen molar-refractivity contribution >= 4 is 33.5 Å². The Morgan fingerprint density at radius 3 is 2.68 bits per heavy atom. The van der Waals surface area contributed by atoms with Crippen LogP contribution in [0, 0.1) is 0 Å². The highest BCUT2D eigenvalue weighted by Gasteiger charge is 2.19. The smallest absolute Gasteiger partial charge is 0.339 e. The van der Waals surface area contributed by atoms with E-state index in [0.29, 0.717) is 10.6 Å². The van der Waals surface area contributed by atoms with Crippen molar-refractivity contribution in [2.45, 2.75) is 13.5 Å². The number of esters is 2. The molecule has 0 N–H and O–H groups in total. The Hall–Kier alpha value is -3.20. The first-order valence-electron chi connectivity index (χ1n) is 8.57. The number of rotatable bonds is 8. The van der Waals surface area contributed by atoms with Crippen LogP contribution in [0.4, 0.5) is 0 Å². The van der Waals surface area contributed by atoms with Crippen molar-refractivity contribution in [2.24, 2.45) is 0 Å². The summed E-state index contributed by atoms with van der Waals surface area (Å²) in [6, 6.07) is 9.14. The van der Waals surface area contributed by atoms with Gasteiger partial charge in [-0.05, 0) is 19.1 Å². The summed E-state index contributed by atoms with van der Waals surface area (Å²) < 4.78 is 16.6. The molecule has 0 saturated heterocycles. The van der Waals surface area contributed by atoms with Crippen LogP contribution in [0.3, 0.4) is 0 Å². The quantitative estimate of drug-likeness (QED) is 0.421. The van der Waals surface area contributed by atoms with Crippen molar-refractivity contribution in [2.75, 3.05) is 19.8 Å². The molecule has 3 rings (SSSR count). The summed E-state index contributed by atoms with van der Waals surface area (Å²) in [5, 5.41) is 1.67. The Bertz CT molecular complexity index is 1030. The summed E-state index contributed by atoms with van der Waals surface area (Å²) in [6.07, 6.45) is 1.26. The highest BCUT2D eigenvalue weighted by Crippen LogP contribution is 2.21. The number of thiophene rings is 1. The van der Waals surface area contributed by atoms with Crippen molar-refractivity contribution in [1.29, 1.82) is 0 Å². The maximum atomic E-state index is 12.7. The van der Waals surface area contributed by atoms with Crippen LogP contribution in [0.5, 0.6) is 5.75 Å². The molecule has 0 aliphatic carbocycles. The van der Waals surface area contributed by atoms with E-state index < -0.39 is 17.5 Å². The number of fused-ring (bicyclic) bond motifs is 1. The zero-order valence-corrected chi connectivity index (χ0v) is 15.9. The molecule has 28 heavy (non-hydrogen) atoms. The van der Waals surface area contributed by atoms with Gasteiger partial charge in [0.1, 0.15) is 30.3 Å². The van der Waals surface area contributed by atoms with Crippen molar-refractivity contribution in [1.82, 2.24) is 9.55 Å². The molecule has 0 aliphatic heterocycles. The van der Waals surface area contributed by atoms with Crippen molar-refractivity contribution in [3.8, 4) is 5.75 Å². The van der Waals surface area contributed by atoms with E-state index in [9.17, 15) is 14.4 Å². The number of benzene rings is 1. The fourth-order valence-corrected chi connectivity index (χ4v) is 3.32. The van der Waals surface area contributed by atoms with Gasteiger partial charge in [-0.25, -0.2) is 9.78 Å². The van der Waals surface area contributed by atoms with Crippen LogP contribution in [-0.4, -0.2) is 41.3 Å². The Labute approximate surface area is 164 Å². The Kier molecular flexibility index (Phi) is 6.38. The molecule has 0 fully saturated rings. The number of ether oxygens (including phenoxy) is 3. The zero-order chi connectivity index (χ0) is 19.9. The molecule has 2 aromatic heterocycles. The lowest BCUT2D eigenvalue weighted by Gasteiger charge is -2.08. The Balaban J connectivity index is 1.62. The second-order valence-corrected chi connectivity index (χ2v) is 6.47.